The van der Waals surface area contributed by atoms with Gasteiger partial charge < -0.3 is 10.8 Å². The van der Waals surface area contributed by atoms with Gasteiger partial charge in [0.25, 0.3) is 0 Å². The Morgan fingerprint density at radius 2 is 1.96 bits per heavy atom. The second kappa shape index (κ2) is 7.04. The highest BCUT2D eigenvalue weighted by atomic mass is 32.2. The normalized spacial score (nSPS) is 22.5. The number of rotatable bonds is 4. The zero-order valence-corrected chi connectivity index (χ0v) is 15.1. The molecule has 2 atom stereocenters. The van der Waals surface area contributed by atoms with E-state index in [0.29, 0.717) is 11.0 Å². The minimum absolute atomic E-state index is 0.0712. The van der Waals surface area contributed by atoms with Crippen LogP contribution in [-0.4, -0.2) is 22.2 Å². The molecule has 0 saturated carbocycles. The predicted molar refractivity (Wildman–Crippen MR) is 105 cm³/mol. The van der Waals surface area contributed by atoms with Crippen molar-refractivity contribution in [1.82, 2.24) is 0 Å². The van der Waals surface area contributed by atoms with Crippen LogP contribution in [0.15, 0.2) is 54.6 Å². The van der Waals surface area contributed by atoms with Gasteiger partial charge in [0.1, 0.15) is 5.75 Å². The molecule has 126 valence electrons. The quantitative estimate of drug-likeness (QED) is 0.869. The van der Waals surface area contributed by atoms with E-state index in [1.165, 1.54) is 16.7 Å². The highest BCUT2D eigenvalue weighted by molar-refractivity contribution is 8.00. The van der Waals surface area contributed by atoms with Gasteiger partial charge in [-0.05, 0) is 35.2 Å². The summed E-state index contributed by atoms with van der Waals surface area (Å²) in [5.41, 5.74) is 10.2. The molecule has 1 aliphatic rings. The Labute approximate surface area is 148 Å². The fraction of sp³-hybridized carbons (Fsp3) is 0.333. The lowest BCUT2D eigenvalue weighted by atomic mass is 9.69. The van der Waals surface area contributed by atoms with Crippen LogP contribution < -0.4 is 5.73 Å². The summed E-state index contributed by atoms with van der Waals surface area (Å²) in [6.07, 6.45) is 5.34. The van der Waals surface area contributed by atoms with Crippen molar-refractivity contribution in [2.45, 2.75) is 37.0 Å². The van der Waals surface area contributed by atoms with E-state index >= 15 is 0 Å². The van der Waals surface area contributed by atoms with Crippen molar-refractivity contribution in [3.8, 4) is 5.75 Å². The third kappa shape index (κ3) is 3.52. The molecule has 24 heavy (non-hydrogen) atoms. The first kappa shape index (κ1) is 17.1. The van der Waals surface area contributed by atoms with Crippen LogP contribution in [0.2, 0.25) is 0 Å². The highest BCUT2D eigenvalue weighted by Crippen LogP contribution is 2.41. The van der Waals surface area contributed by atoms with Gasteiger partial charge in [-0.3, -0.25) is 0 Å². The second-order valence-electron chi connectivity index (χ2n) is 6.98. The molecular formula is C21H25NOS. The molecule has 0 aromatic heterocycles. The van der Waals surface area contributed by atoms with Crippen molar-refractivity contribution in [2.75, 3.05) is 5.75 Å². The molecular weight excluding hydrogens is 314 g/mol. The first-order chi connectivity index (χ1) is 11.5. The van der Waals surface area contributed by atoms with Crippen LogP contribution in [-0.2, 0) is 11.8 Å². The lowest BCUT2D eigenvalue weighted by Gasteiger charge is -2.43. The van der Waals surface area contributed by atoms with Crippen LogP contribution in [0.1, 0.15) is 30.5 Å². The Morgan fingerprint density at radius 1 is 1.21 bits per heavy atom. The number of fused-ring (bicyclic) bond motifs is 1. The maximum absolute atomic E-state index is 9.80. The van der Waals surface area contributed by atoms with E-state index in [4.69, 9.17) is 5.73 Å². The van der Waals surface area contributed by atoms with Crippen molar-refractivity contribution in [3.05, 3.63) is 71.3 Å². The smallest absolute Gasteiger partial charge is 0.115 e. The van der Waals surface area contributed by atoms with Gasteiger partial charge in [-0.1, -0.05) is 62.4 Å². The van der Waals surface area contributed by atoms with Crippen molar-refractivity contribution in [3.63, 3.8) is 0 Å². The molecule has 0 unspecified atom stereocenters. The summed E-state index contributed by atoms with van der Waals surface area (Å²) in [6, 6.07) is 16.1. The highest BCUT2D eigenvalue weighted by Gasteiger charge is 2.40. The third-order valence-corrected chi connectivity index (χ3v) is 6.23. The Hall–Kier alpha value is -1.71. The molecule has 0 spiro atoms. The van der Waals surface area contributed by atoms with Gasteiger partial charge in [0.15, 0.2) is 0 Å². The molecule has 0 heterocycles. The summed E-state index contributed by atoms with van der Waals surface area (Å²) in [5.74, 6) is 1.28. The molecule has 0 aliphatic heterocycles. The van der Waals surface area contributed by atoms with Gasteiger partial charge >= 0.3 is 0 Å². The molecule has 3 N–H and O–H groups in total. The lowest BCUT2D eigenvalue weighted by Crippen LogP contribution is -2.52. The first-order valence-corrected chi connectivity index (χ1v) is 9.44. The van der Waals surface area contributed by atoms with Gasteiger partial charge in [-0.15, -0.1) is 0 Å². The van der Waals surface area contributed by atoms with Crippen molar-refractivity contribution in [1.29, 1.82) is 0 Å². The maximum atomic E-state index is 9.80. The molecule has 2 aromatic rings. The molecule has 2 aromatic carbocycles. The van der Waals surface area contributed by atoms with Gasteiger partial charge in [0.2, 0.25) is 0 Å². The number of phenols is 1. The average Bonchev–Trinajstić information content (AvgIpc) is 2.58. The minimum Gasteiger partial charge on any atom is -0.508 e. The monoisotopic (exact) mass is 339 g/mol. The number of benzene rings is 2. The summed E-state index contributed by atoms with van der Waals surface area (Å²) in [4.78, 5) is 0. The number of phenolic OH excluding ortho intramolecular Hbond substituents is 1. The fourth-order valence-corrected chi connectivity index (χ4v) is 4.72. The molecule has 0 bridgehead atoms. The van der Waals surface area contributed by atoms with E-state index < -0.39 is 0 Å². The summed E-state index contributed by atoms with van der Waals surface area (Å²) in [7, 11) is 0. The van der Waals surface area contributed by atoms with E-state index in [2.05, 4.69) is 50.3 Å². The fourth-order valence-electron chi connectivity index (χ4n) is 3.42. The Morgan fingerprint density at radius 3 is 2.71 bits per heavy atom. The number of hydrogen-bond acceptors (Lipinski definition) is 3. The zero-order valence-electron chi connectivity index (χ0n) is 14.3. The topological polar surface area (TPSA) is 46.2 Å². The molecule has 3 rings (SSSR count). The number of aromatic hydroxyl groups is 1. The van der Waals surface area contributed by atoms with Gasteiger partial charge in [0.05, 0.1) is 0 Å². The SMILES string of the molecule is CC1(C)c2cc(O)ccc2C[C@@H](SCC=Cc2ccccc2)[C@@H]1N. The van der Waals surface area contributed by atoms with Gasteiger partial charge in [-0.25, -0.2) is 0 Å². The van der Waals surface area contributed by atoms with Crippen molar-refractivity contribution in [2.24, 2.45) is 5.73 Å². The molecule has 0 saturated heterocycles. The van der Waals surface area contributed by atoms with Crippen LogP contribution in [0.3, 0.4) is 0 Å². The van der Waals surface area contributed by atoms with Crippen LogP contribution in [0, 0.1) is 0 Å². The van der Waals surface area contributed by atoms with E-state index in [1.54, 1.807) is 6.07 Å². The molecule has 0 amide bonds. The number of hydrogen-bond donors (Lipinski definition) is 2. The molecule has 2 nitrogen and oxygen atoms in total. The van der Waals surface area contributed by atoms with E-state index in [1.807, 2.05) is 30.0 Å². The average molecular weight is 340 g/mol. The molecule has 1 aliphatic carbocycles. The Bertz CT molecular complexity index is 724. The summed E-state index contributed by atoms with van der Waals surface area (Å²) < 4.78 is 0. The van der Waals surface area contributed by atoms with Crippen molar-refractivity contribution >= 4 is 17.8 Å². The third-order valence-electron chi connectivity index (χ3n) is 4.96. The molecule has 0 radical (unpaired) electrons. The predicted octanol–water partition coefficient (Wildman–Crippen LogP) is 4.37. The summed E-state index contributed by atoms with van der Waals surface area (Å²) >= 11 is 1.92. The van der Waals surface area contributed by atoms with Crippen LogP contribution >= 0.6 is 11.8 Å². The lowest BCUT2D eigenvalue weighted by molar-refractivity contribution is 0.369. The maximum Gasteiger partial charge on any atom is 0.115 e. The van der Waals surface area contributed by atoms with Gasteiger partial charge in [-0.2, -0.15) is 11.8 Å². The number of nitrogens with two attached hydrogens (primary N) is 1. The Kier molecular flexibility index (Phi) is 5.02. The standard InChI is InChI=1S/C21H25NOS/c1-21(2)18-14-17(23)11-10-16(18)13-19(20(21)22)24-12-6-9-15-7-4-3-5-8-15/h3-11,14,19-20,23H,12-13,22H2,1-2H3/t19-,20+/m1/s1. The van der Waals surface area contributed by atoms with Crippen LogP contribution in [0.4, 0.5) is 0 Å². The van der Waals surface area contributed by atoms with Crippen molar-refractivity contribution < 1.29 is 5.11 Å². The summed E-state index contributed by atoms with van der Waals surface area (Å²) in [5, 5.41) is 10.2. The number of thioether (sulfide) groups is 1. The minimum atomic E-state index is -0.132. The Balaban J connectivity index is 1.69. The largest absolute Gasteiger partial charge is 0.508 e. The van der Waals surface area contributed by atoms with E-state index in [0.717, 1.165) is 12.2 Å². The van der Waals surface area contributed by atoms with Crippen LogP contribution in [0.5, 0.6) is 5.75 Å². The summed E-state index contributed by atoms with van der Waals surface area (Å²) in [6.45, 7) is 4.37. The van der Waals surface area contributed by atoms with Crippen LogP contribution in [0.25, 0.3) is 6.08 Å². The van der Waals surface area contributed by atoms with E-state index in [-0.39, 0.29) is 11.5 Å². The van der Waals surface area contributed by atoms with Gasteiger partial charge in [0, 0.05) is 22.5 Å². The molecule has 3 heteroatoms. The zero-order chi connectivity index (χ0) is 17.2. The van der Waals surface area contributed by atoms with E-state index in [9.17, 15) is 5.11 Å². The first-order valence-electron chi connectivity index (χ1n) is 8.39. The second-order valence-corrected chi connectivity index (χ2v) is 8.25. The molecule has 0 fully saturated rings.